The van der Waals surface area contributed by atoms with Crippen LogP contribution in [0.1, 0.15) is 13.8 Å². The fraction of sp³-hybridized carbons (Fsp3) is 0.357. The summed E-state index contributed by atoms with van der Waals surface area (Å²) in [5, 5.41) is 18.2. The fourth-order valence-corrected chi connectivity index (χ4v) is 3.76. The molecule has 10 heteroatoms. The van der Waals surface area contributed by atoms with Crippen molar-refractivity contribution in [3.05, 3.63) is 40.7 Å². The predicted octanol–water partition coefficient (Wildman–Crippen LogP) is 2.10. The second-order valence-corrected chi connectivity index (χ2v) is 6.99. The smallest absolute Gasteiger partial charge is 0.294 e. The van der Waals surface area contributed by atoms with Gasteiger partial charge in [-0.1, -0.05) is 13.8 Å². The molecule has 0 unspecified atom stereocenters. The van der Waals surface area contributed by atoms with E-state index in [-0.39, 0.29) is 16.3 Å². The zero-order valence-electron chi connectivity index (χ0n) is 13.6. The number of benzene rings is 1. The van der Waals surface area contributed by atoms with Crippen LogP contribution in [-0.2, 0) is 17.1 Å². The lowest BCUT2D eigenvalue weighted by atomic mass is 10.2. The summed E-state index contributed by atoms with van der Waals surface area (Å²) in [6.07, 6.45) is 3.18. The van der Waals surface area contributed by atoms with Gasteiger partial charge in [0.15, 0.2) is 0 Å². The summed E-state index contributed by atoms with van der Waals surface area (Å²) in [5.74, 6) is 0. The molecular formula is C14H19N5O4S. The van der Waals surface area contributed by atoms with Crippen molar-refractivity contribution in [2.45, 2.75) is 18.7 Å². The van der Waals surface area contributed by atoms with E-state index in [2.05, 4.69) is 10.4 Å². The standard InChI is InChI=1S/C14H19N5O4S/c1-4-18(5-2)24(22,23)12-6-7-13(14(8-12)19(20)21)16-11-9-15-17(3)10-11/h6-10,16H,4-5H2,1-3H3. The van der Waals surface area contributed by atoms with Crippen LogP contribution >= 0.6 is 0 Å². The normalized spacial score (nSPS) is 11.7. The van der Waals surface area contributed by atoms with E-state index in [0.29, 0.717) is 18.8 Å². The number of anilines is 2. The Labute approximate surface area is 140 Å². The number of aryl methyl sites for hydroxylation is 1. The Morgan fingerprint density at radius 1 is 1.33 bits per heavy atom. The van der Waals surface area contributed by atoms with Gasteiger partial charge in [-0.15, -0.1) is 0 Å². The lowest BCUT2D eigenvalue weighted by Crippen LogP contribution is -2.30. The third kappa shape index (κ3) is 3.54. The van der Waals surface area contributed by atoms with E-state index < -0.39 is 14.9 Å². The van der Waals surface area contributed by atoms with Crippen LogP contribution in [0.4, 0.5) is 17.1 Å². The molecule has 0 spiro atoms. The van der Waals surface area contributed by atoms with Crippen molar-refractivity contribution in [2.75, 3.05) is 18.4 Å². The molecular weight excluding hydrogens is 334 g/mol. The Hall–Kier alpha value is -2.46. The van der Waals surface area contributed by atoms with Crippen LogP contribution in [-0.4, -0.2) is 40.5 Å². The Balaban J connectivity index is 2.45. The van der Waals surface area contributed by atoms with E-state index in [9.17, 15) is 18.5 Å². The molecule has 1 aromatic heterocycles. The van der Waals surface area contributed by atoms with Crippen molar-refractivity contribution in [3.63, 3.8) is 0 Å². The van der Waals surface area contributed by atoms with Crippen molar-refractivity contribution in [3.8, 4) is 0 Å². The Morgan fingerprint density at radius 3 is 2.50 bits per heavy atom. The molecule has 2 rings (SSSR count). The third-order valence-electron chi connectivity index (χ3n) is 3.49. The van der Waals surface area contributed by atoms with E-state index in [0.717, 1.165) is 6.07 Å². The van der Waals surface area contributed by atoms with Gasteiger partial charge in [-0.2, -0.15) is 9.40 Å². The summed E-state index contributed by atoms with van der Waals surface area (Å²) in [5.41, 5.74) is 0.457. The van der Waals surface area contributed by atoms with Gasteiger partial charge in [-0.05, 0) is 12.1 Å². The minimum atomic E-state index is -3.76. The molecule has 1 N–H and O–H groups in total. The SMILES string of the molecule is CCN(CC)S(=O)(=O)c1ccc(Nc2cnn(C)c2)c([N+](=O)[O-])c1. The summed E-state index contributed by atoms with van der Waals surface area (Å²) in [4.78, 5) is 10.6. The third-order valence-corrected chi connectivity index (χ3v) is 5.54. The molecule has 0 amide bonds. The van der Waals surface area contributed by atoms with E-state index >= 15 is 0 Å². The van der Waals surface area contributed by atoms with Crippen LogP contribution < -0.4 is 5.32 Å². The number of aromatic nitrogens is 2. The monoisotopic (exact) mass is 353 g/mol. The number of nitrogens with zero attached hydrogens (tertiary/aromatic N) is 4. The minimum Gasteiger partial charge on any atom is -0.347 e. The van der Waals surface area contributed by atoms with E-state index in [1.807, 2.05) is 0 Å². The van der Waals surface area contributed by atoms with Crippen molar-refractivity contribution in [1.82, 2.24) is 14.1 Å². The van der Waals surface area contributed by atoms with Gasteiger partial charge in [-0.25, -0.2) is 8.42 Å². The molecule has 0 fully saturated rings. The van der Waals surface area contributed by atoms with Crippen molar-refractivity contribution >= 4 is 27.1 Å². The van der Waals surface area contributed by atoms with Gasteiger partial charge in [0.2, 0.25) is 10.0 Å². The molecule has 0 aliphatic rings. The summed E-state index contributed by atoms with van der Waals surface area (Å²) < 4.78 is 27.8. The Bertz CT molecular complexity index is 843. The molecule has 0 radical (unpaired) electrons. The number of hydrogen-bond donors (Lipinski definition) is 1. The molecule has 130 valence electrons. The van der Waals surface area contributed by atoms with Crippen LogP contribution in [0.25, 0.3) is 0 Å². The number of nitrogens with one attached hydrogen (secondary N) is 1. The highest BCUT2D eigenvalue weighted by Gasteiger charge is 2.25. The Kier molecular flexibility index (Phi) is 5.20. The second kappa shape index (κ2) is 6.97. The number of rotatable bonds is 7. The van der Waals surface area contributed by atoms with Crippen LogP contribution in [0.5, 0.6) is 0 Å². The number of nitro benzene ring substituents is 1. The molecule has 1 aromatic carbocycles. The van der Waals surface area contributed by atoms with E-state index in [1.54, 1.807) is 31.8 Å². The van der Waals surface area contributed by atoms with Gasteiger partial charge in [0.05, 0.1) is 21.7 Å². The molecule has 2 aromatic rings. The molecule has 9 nitrogen and oxygen atoms in total. The second-order valence-electron chi connectivity index (χ2n) is 5.05. The minimum absolute atomic E-state index is 0.102. The molecule has 0 saturated carbocycles. The average Bonchev–Trinajstić information content (AvgIpc) is 2.93. The topological polar surface area (TPSA) is 110 Å². The summed E-state index contributed by atoms with van der Waals surface area (Å²) in [6, 6.07) is 3.83. The van der Waals surface area contributed by atoms with Crippen molar-refractivity contribution in [2.24, 2.45) is 7.05 Å². The van der Waals surface area contributed by atoms with Crippen LogP contribution in [0.2, 0.25) is 0 Å². The molecule has 0 bridgehead atoms. The maximum atomic E-state index is 12.5. The molecule has 0 atom stereocenters. The maximum Gasteiger partial charge on any atom is 0.294 e. The van der Waals surface area contributed by atoms with E-state index in [1.165, 1.54) is 22.6 Å². The van der Waals surface area contributed by atoms with Crippen LogP contribution in [0.3, 0.4) is 0 Å². The first-order chi connectivity index (χ1) is 11.3. The van der Waals surface area contributed by atoms with Crippen LogP contribution in [0, 0.1) is 10.1 Å². The predicted molar refractivity (Wildman–Crippen MR) is 89.7 cm³/mol. The van der Waals surface area contributed by atoms with Gasteiger partial charge in [0.1, 0.15) is 5.69 Å². The Morgan fingerprint density at radius 2 is 2.00 bits per heavy atom. The van der Waals surface area contributed by atoms with Gasteiger partial charge in [0, 0.05) is 32.4 Å². The maximum absolute atomic E-state index is 12.5. The number of nitro groups is 1. The molecule has 0 saturated heterocycles. The highest BCUT2D eigenvalue weighted by molar-refractivity contribution is 7.89. The van der Waals surface area contributed by atoms with Gasteiger partial charge < -0.3 is 5.32 Å². The lowest BCUT2D eigenvalue weighted by molar-refractivity contribution is -0.384. The average molecular weight is 353 g/mol. The highest BCUT2D eigenvalue weighted by Crippen LogP contribution is 2.31. The van der Waals surface area contributed by atoms with Crippen molar-refractivity contribution < 1.29 is 13.3 Å². The molecule has 1 heterocycles. The van der Waals surface area contributed by atoms with Crippen LogP contribution in [0.15, 0.2) is 35.5 Å². The number of hydrogen-bond acceptors (Lipinski definition) is 6. The fourth-order valence-electron chi connectivity index (χ4n) is 2.28. The first kappa shape index (κ1) is 17.9. The molecule has 0 aliphatic heterocycles. The quantitative estimate of drug-likeness (QED) is 0.603. The van der Waals surface area contributed by atoms with Gasteiger partial charge in [0.25, 0.3) is 5.69 Å². The van der Waals surface area contributed by atoms with Crippen molar-refractivity contribution in [1.29, 1.82) is 0 Å². The zero-order chi connectivity index (χ0) is 17.9. The lowest BCUT2D eigenvalue weighted by Gasteiger charge is -2.18. The summed E-state index contributed by atoms with van der Waals surface area (Å²) in [7, 11) is -2.04. The molecule has 24 heavy (non-hydrogen) atoms. The highest BCUT2D eigenvalue weighted by atomic mass is 32.2. The summed E-state index contributed by atoms with van der Waals surface area (Å²) in [6.45, 7) is 4.02. The van der Waals surface area contributed by atoms with Gasteiger partial charge in [-0.3, -0.25) is 14.8 Å². The van der Waals surface area contributed by atoms with E-state index in [4.69, 9.17) is 0 Å². The summed E-state index contributed by atoms with van der Waals surface area (Å²) >= 11 is 0. The van der Waals surface area contributed by atoms with Gasteiger partial charge >= 0.3 is 0 Å². The number of sulfonamides is 1. The molecule has 0 aliphatic carbocycles. The first-order valence-corrected chi connectivity index (χ1v) is 8.77. The largest absolute Gasteiger partial charge is 0.347 e. The first-order valence-electron chi connectivity index (χ1n) is 7.33. The zero-order valence-corrected chi connectivity index (χ0v) is 14.4.